The Kier molecular flexibility index (Phi) is 9.43. The number of thioether (sulfide) groups is 1. The highest BCUT2D eigenvalue weighted by Crippen LogP contribution is 2.31. The maximum atomic E-state index is 13.2. The minimum absolute atomic E-state index is 0.00410. The number of carbonyl (C=O) groups is 1. The molecule has 2 fully saturated rings. The van der Waals surface area contributed by atoms with E-state index in [1.54, 1.807) is 18.2 Å². The molecule has 2 heterocycles. The maximum absolute atomic E-state index is 13.2. The molecule has 0 spiro atoms. The van der Waals surface area contributed by atoms with E-state index in [4.69, 9.17) is 4.74 Å². The van der Waals surface area contributed by atoms with Crippen LogP contribution in [0, 0.1) is 5.92 Å². The number of rotatable bonds is 10. The van der Waals surface area contributed by atoms with Gasteiger partial charge in [0, 0.05) is 31.2 Å². The lowest BCUT2D eigenvalue weighted by Crippen LogP contribution is -2.40. The SMILES string of the molecule is CC[C@H](C)n1c(SCC(=O)NCC2CCCCC2)nnc1-c1cccc(S(=O)(=O)N2CCOCC2)c1. The number of morpholine rings is 1. The minimum atomic E-state index is -3.62. The van der Waals surface area contributed by atoms with Gasteiger partial charge in [0.05, 0.1) is 23.9 Å². The number of nitrogens with one attached hydrogen (secondary N) is 1. The smallest absolute Gasteiger partial charge is 0.243 e. The summed E-state index contributed by atoms with van der Waals surface area (Å²) in [5.74, 6) is 1.47. The van der Waals surface area contributed by atoms with Crippen LogP contribution in [0.4, 0.5) is 0 Å². The molecule has 1 aromatic carbocycles. The first-order chi connectivity index (χ1) is 17.4. The van der Waals surface area contributed by atoms with Crippen molar-refractivity contribution in [3.05, 3.63) is 24.3 Å². The summed E-state index contributed by atoms with van der Waals surface area (Å²) in [6, 6.07) is 6.96. The molecule has 4 rings (SSSR count). The average Bonchev–Trinajstić information content (AvgIpc) is 3.35. The molecule has 0 unspecified atom stereocenters. The Labute approximate surface area is 218 Å². The minimum Gasteiger partial charge on any atom is -0.379 e. The van der Waals surface area contributed by atoms with E-state index in [1.807, 2.05) is 10.6 Å². The van der Waals surface area contributed by atoms with Gasteiger partial charge in [0.2, 0.25) is 15.9 Å². The first-order valence-electron chi connectivity index (χ1n) is 12.9. The Morgan fingerprint density at radius 1 is 1.19 bits per heavy atom. The van der Waals surface area contributed by atoms with Crippen molar-refractivity contribution < 1.29 is 17.9 Å². The molecular weight excluding hydrogens is 498 g/mol. The number of amides is 1. The third-order valence-corrected chi connectivity index (χ3v) is 9.88. The summed E-state index contributed by atoms with van der Waals surface area (Å²) in [7, 11) is -3.62. The monoisotopic (exact) mass is 535 g/mol. The predicted octanol–water partition coefficient (Wildman–Crippen LogP) is 3.73. The number of benzene rings is 1. The highest BCUT2D eigenvalue weighted by Gasteiger charge is 2.27. The normalized spacial score (nSPS) is 18.7. The van der Waals surface area contributed by atoms with Crippen molar-refractivity contribution in [1.29, 1.82) is 0 Å². The van der Waals surface area contributed by atoms with Crippen LogP contribution in [0.1, 0.15) is 58.4 Å². The molecule has 1 atom stereocenters. The van der Waals surface area contributed by atoms with Crippen LogP contribution >= 0.6 is 11.8 Å². The van der Waals surface area contributed by atoms with Crippen LogP contribution in [-0.2, 0) is 19.6 Å². The predicted molar refractivity (Wildman–Crippen MR) is 140 cm³/mol. The van der Waals surface area contributed by atoms with Crippen molar-refractivity contribution in [2.24, 2.45) is 5.92 Å². The van der Waals surface area contributed by atoms with Crippen molar-refractivity contribution in [3.63, 3.8) is 0 Å². The van der Waals surface area contributed by atoms with Gasteiger partial charge in [-0.1, -0.05) is 50.1 Å². The number of ether oxygens (including phenoxy) is 1. The second-order valence-corrected chi connectivity index (χ2v) is 12.5. The van der Waals surface area contributed by atoms with Gasteiger partial charge in [0.15, 0.2) is 11.0 Å². The number of hydrogen-bond donors (Lipinski definition) is 1. The van der Waals surface area contributed by atoms with Crippen LogP contribution in [0.25, 0.3) is 11.4 Å². The standard InChI is InChI=1S/C25H37N5O4S2/c1-3-19(2)30-24(21-10-7-11-22(16-21)36(32,33)29-12-14-34-15-13-29)27-28-25(30)35-18-23(31)26-17-20-8-5-4-6-9-20/h7,10-11,16,19-20H,3-6,8-9,12-15,17-18H2,1-2H3,(H,26,31)/t19-/m0/s1. The first-order valence-corrected chi connectivity index (χ1v) is 15.4. The fourth-order valence-electron chi connectivity index (χ4n) is 4.71. The molecule has 1 amide bonds. The molecule has 1 aromatic heterocycles. The number of aromatic nitrogens is 3. The lowest BCUT2D eigenvalue weighted by atomic mass is 9.89. The van der Waals surface area contributed by atoms with Gasteiger partial charge in [0.1, 0.15) is 0 Å². The second kappa shape index (κ2) is 12.5. The molecule has 1 N–H and O–H groups in total. The molecule has 36 heavy (non-hydrogen) atoms. The van der Waals surface area contributed by atoms with Crippen molar-refractivity contribution in [2.75, 3.05) is 38.6 Å². The molecule has 11 heteroatoms. The third-order valence-electron chi connectivity index (χ3n) is 7.04. The lowest BCUT2D eigenvalue weighted by Gasteiger charge is -2.26. The van der Waals surface area contributed by atoms with Crippen LogP contribution in [0.5, 0.6) is 0 Å². The average molecular weight is 536 g/mol. The van der Waals surface area contributed by atoms with Gasteiger partial charge in [-0.25, -0.2) is 8.42 Å². The quantitative estimate of drug-likeness (QED) is 0.462. The summed E-state index contributed by atoms with van der Waals surface area (Å²) in [6.07, 6.45) is 7.04. The summed E-state index contributed by atoms with van der Waals surface area (Å²) in [5, 5.41) is 12.5. The number of hydrogen-bond acceptors (Lipinski definition) is 7. The fraction of sp³-hybridized carbons (Fsp3) is 0.640. The van der Waals surface area contributed by atoms with Crippen LogP contribution in [-0.4, -0.2) is 72.0 Å². The molecule has 0 radical (unpaired) electrons. The first kappa shape index (κ1) is 27.1. The van der Waals surface area contributed by atoms with Crippen molar-refractivity contribution in [3.8, 4) is 11.4 Å². The lowest BCUT2D eigenvalue weighted by molar-refractivity contribution is -0.118. The van der Waals surface area contributed by atoms with Crippen molar-refractivity contribution in [2.45, 2.75) is 68.5 Å². The summed E-state index contributed by atoms with van der Waals surface area (Å²) in [4.78, 5) is 12.8. The molecule has 2 aliphatic rings. The molecule has 198 valence electrons. The van der Waals surface area contributed by atoms with E-state index in [0.717, 1.165) is 13.0 Å². The molecule has 1 saturated heterocycles. The Morgan fingerprint density at radius 3 is 2.67 bits per heavy atom. The van der Waals surface area contributed by atoms with E-state index in [9.17, 15) is 13.2 Å². The molecule has 0 bridgehead atoms. The Bertz CT molecular complexity index is 1130. The maximum Gasteiger partial charge on any atom is 0.243 e. The summed E-state index contributed by atoms with van der Waals surface area (Å²) >= 11 is 1.37. The van der Waals surface area contributed by atoms with Crippen molar-refractivity contribution in [1.82, 2.24) is 24.4 Å². The zero-order valence-corrected chi connectivity index (χ0v) is 22.8. The van der Waals surface area contributed by atoms with E-state index in [1.165, 1.54) is 48.2 Å². The molecule has 1 aliphatic carbocycles. The third kappa shape index (κ3) is 6.48. The largest absolute Gasteiger partial charge is 0.379 e. The van der Waals surface area contributed by atoms with Gasteiger partial charge >= 0.3 is 0 Å². The van der Waals surface area contributed by atoms with E-state index in [0.29, 0.717) is 48.8 Å². The van der Waals surface area contributed by atoms with E-state index < -0.39 is 10.0 Å². The van der Waals surface area contributed by atoms with E-state index in [2.05, 4.69) is 29.4 Å². The van der Waals surface area contributed by atoms with Crippen LogP contribution in [0.15, 0.2) is 34.3 Å². The van der Waals surface area contributed by atoms with Crippen LogP contribution in [0.2, 0.25) is 0 Å². The van der Waals surface area contributed by atoms with Gasteiger partial charge in [0.25, 0.3) is 0 Å². The highest BCUT2D eigenvalue weighted by molar-refractivity contribution is 7.99. The van der Waals surface area contributed by atoms with Gasteiger partial charge in [-0.05, 0) is 44.2 Å². The summed E-state index contributed by atoms with van der Waals surface area (Å²) in [5.41, 5.74) is 0.686. The van der Waals surface area contributed by atoms with Gasteiger partial charge in [-0.15, -0.1) is 10.2 Å². The van der Waals surface area contributed by atoms with Gasteiger partial charge < -0.3 is 10.1 Å². The molecular formula is C25H37N5O4S2. The number of nitrogens with zero attached hydrogens (tertiary/aromatic N) is 4. The second-order valence-electron chi connectivity index (χ2n) is 9.57. The van der Waals surface area contributed by atoms with E-state index in [-0.39, 0.29) is 22.6 Å². The molecule has 1 aliphatic heterocycles. The zero-order chi connectivity index (χ0) is 25.5. The number of sulfonamides is 1. The Balaban J connectivity index is 1.49. The molecule has 1 saturated carbocycles. The van der Waals surface area contributed by atoms with E-state index >= 15 is 0 Å². The fourth-order valence-corrected chi connectivity index (χ4v) is 7.04. The van der Waals surface area contributed by atoms with Crippen molar-refractivity contribution >= 4 is 27.7 Å². The number of carbonyl (C=O) groups excluding carboxylic acids is 1. The summed E-state index contributed by atoms with van der Waals surface area (Å²) < 4.78 is 35.1. The Morgan fingerprint density at radius 2 is 1.94 bits per heavy atom. The van der Waals surface area contributed by atoms with Gasteiger partial charge in [-0.3, -0.25) is 9.36 Å². The van der Waals surface area contributed by atoms with Crippen LogP contribution in [0.3, 0.4) is 0 Å². The van der Waals surface area contributed by atoms with Crippen LogP contribution < -0.4 is 5.32 Å². The zero-order valence-electron chi connectivity index (χ0n) is 21.2. The Hall–Kier alpha value is -1.95. The molecule has 2 aromatic rings. The highest BCUT2D eigenvalue weighted by atomic mass is 32.2. The topological polar surface area (TPSA) is 106 Å². The van der Waals surface area contributed by atoms with Gasteiger partial charge in [-0.2, -0.15) is 4.31 Å². The summed E-state index contributed by atoms with van der Waals surface area (Å²) in [6.45, 7) is 6.39. The molecule has 9 nitrogen and oxygen atoms in total.